The molecular formula is C22H26N8O2. The minimum Gasteiger partial charge on any atom is -0.495 e. The number of fused-ring (bicyclic) bond motifs is 2. The van der Waals surface area contributed by atoms with Crippen LogP contribution in [0.1, 0.15) is 31.5 Å². The van der Waals surface area contributed by atoms with Gasteiger partial charge in [0.1, 0.15) is 29.1 Å². The number of carbonyl (C=O) groups excluding carboxylic acids is 1. The Morgan fingerprint density at radius 1 is 1.34 bits per heavy atom. The summed E-state index contributed by atoms with van der Waals surface area (Å²) < 4.78 is 7.32. The molecule has 1 aliphatic rings. The van der Waals surface area contributed by atoms with Crippen molar-refractivity contribution < 1.29 is 9.53 Å². The van der Waals surface area contributed by atoms with Crippen molar-refractivity contribution in [2.45, 2.75) is 25.7 Å². The molecule has 4 heterocycles. The minimum absolute atomic E-state index is 0.0156. The van der Waals surface area contributed by atoms with Crippen molar-refractivity contribution in [2.24, 2.45) is 0 Å². The molecule has 5 rings (SSSR count). The Labute approximate surface area is 184 Å². The first kappa shape index (κ1) is 20.3. The van der Waals surface area contributed by atoms with Gasteiger partial charge >= 0.3 is 0 Å². The van der Waals surface area contributed by atoms with Crippen LogP contribution in [0, 0.1) is 0 Å². The molecule has 10 nitrogen and oxygen atoms in total. The van der Waals surface area contributed by atoms with E-state index in [9.17, 15) is 4.79 Å². The highest BCUT2D eigenvalue weighted by molar-refractivity contribution is 5.93. The van der Waals surface area contributed by atoms with Crippen molar-refractivity contribution in [2.75, 3.05) is 32.6 Å². The number of amides is 1. The summed E-state index contributed by atoms with van der Waals surface area (Å²) in [4.78, 5) is 26.1. The van der Waals surface area contributed by atoms with Crippen molar-refractivity contribution in [3.05, 3.63) is 36.4 Å². The molecule has 4 N–H and O–H groups in total. The average molecular weight is 435 g/mol. The summed E-state index contributed by atoms with van der Waals surface area (Å²) in [5.41, 5.74) is 9.47. The number of H-pyrrole nitrogens is 1. The Balaban J connectivity index is 1.52. The lowest BCUT2D eigenvalue weighted by atomic mass is 9.96. The van der Waals surface area contributed by atoms with Crippen LogP contribution in [-0.2, 0) is 4.79 Å². The van der Waals surface area contributed by atoms with E-state index in [1.807, 2.05) is 28.8 Å². The van der Waals surface area contributed by atoms with E-state index >= 15 is 0 Å². The maximum absolute atomic E-state index is 11.2. The van der Waals surface area contributed by atoms with Crippen molar-refractivity contribution in [3.63, 3.8) is 0 Å². The van der Waals surface area contributed by atoms with E-state index in [2.05, 4.69) is 25.3 Å². The molecular weight excluding hydrogens is 408 g/mol. The van der Waals surface area contributed by atoms with Gasteiger partial charge in [0.15, 0.2) is 5.82 Å². The zero-order valence-corrected chi connectivity index (χ0v) is 18.1. The lowest BCUT2D eigenvalue weighted by Crippen LogP contribution is -2.41. The third kappa shape index (κ3) is 3.52. The largest absolute Gasteiger partial charge is 0.495 e. The highest BCUT2D eigenvalue weighted by atomic mass is 16.5. The smallest absolute Gasteiger partial charge is 0.217 e. The van der Waals surface area contributed by atoms with Crippen molar-refractivity contribution >= 4 is 28.1 Å². The first-order valence-corrected chi connectivity index (χ1v) is 10.7. The van der Waals surface area contributed by atoms with Crippen LogP contribution in [0.5, 0.6) is 5.75 Å². The van der Waals surface area contributed by atoms with Crippen LogP contribution in [0.15, 0.2) is 30.6 Å². The Hall–Kier alpha value is -3.66. The molecule has 10 heteroatoms. The summed E-state index contributed by atoms with van der Waals surface area (Å²) in [6.07, 6.45) is 3.31. The third-order valence-electron chi connectivity index (χ3n) is 6.08. The van der Waals surface area contributed by atoms with E-state index in [0.717, 1.165) is 59.8 Å². The van der Waals surface area contributed by atoms with Gasteiger partial charge in [0, 0.05) is 31.3 Å². The molecule has 1 amide bonds. The molecule has 166 valence electrons. The van der Waals surface area contributed by atoms with E-state index in [4.69, 9.17) is 15.5 Å². The van der Waals surface area contributed by atoms with E-state index in [0.29, 0.717) is 18.0 Å². The maximum atomic E-state index is 11.2. The van der Waals surface area contributed by atoms with Gasteiger partial charge in [0.2, 0.25) is 5.91 Å². The molecule has 0 unspecified atom stereocenters. The third-order valence-corrected chi connectivity index (χ3v) is 6.08. The molecule has 1 aliphatic heterocycles. The van der Waals surface area contributed by atoms with Crippen molar-refractivity contribution in [1.29, 1.82) is 0 Å². The van der Waals surface area contributed by atoms with Gasteiger partial charge in [0.05, 0.1) is 25.0 Å². The lowest BCUT2D eigenvalue weighted by Gasteiger charge is -2.31. The van der Waals surface area contributed by atoms with E-state index in [1.54, 1.807) is 7.11 Å². The fourth-order valence-corrected chi connectivity index (χ4v) is 4.43. The molecule has 0 bridgehead atoms. The number of carbonyl (C=O) groups is 1. The number of nitrogens with one attached hydrogen (secondary N) is 2. The van der Waals surface area contributed by atoms with Gasteiger partial charge < -0.3 is 20.8 Å². The normalized spacial score (nSPS) is 15.4. The Bertz CT molecular complexity index is 1290. The number of para-hydroxylation sites is 1. The van der Waals surface area contributed by atoms with Gasteiger partial charge in [0.25, 0.3) is 0 Å². The number of rotatable bonds is 5. The summed E-state index contributed by atoms with van der Waals surface area (Å²) in [7, 11) is 1.66. The number of benzene rings is 1. The number of anilines is 1. The molecule has 0 atom stereocenters. The topological polar surface area (TPSA) is 126 Å². The second-order valence-electron chi connectivity index (χ2n) is 8.12. The molecule has 0 aliphatic carbocycles. The molecule has 0 saturated carbocycles. The summed E-state index contributed by atoms with van der Waals surface area (Å²) in [5, 5.41) is 8.38. The molecule has 0 radical (unpaired) electrons. The second kappa shape index (κ2) is 8.12. The predicted octanol–water partition coefficient (Wildman–Crippen LogP) is 2.14. The molecule has 1 fully saturated rings. The van der Waals surface area contributed by atoms with Gasteiger partial charge in [-0.2, -0.15) is 5.10 Å². The number of piperidine rings is 1. The Kier molecular flexibility index (Phi) is 5.14. The number of ether oxygens (including phenoxy) is 1. The summed E-state index contributed by atoms with van der Waals surface area (Å²) in [6.45, 7) is 3.86. The van der Waals surface area contributed by atoms with Crippen LogP contribution < -0.4 is 15.8 Å². The fraction of sp³-hybridized carbons (Fsp3) is 0.364. The van der Waals surface area contributed by atoms with Gasteiger partial charge in [-0.1, -0.05) is 12.1 Å². The average Bonchev–Trinajstić information content (AvgIpc) is 3.40. The second-order valence-corrected chi connectivity index (χ2v) is 8.12. The number of aromatic nitrogens is 5. The SMILES string of the molecule is COc1cccc2cc(-c3nc(C4CCN(CNC(C)=O)CC4)n4ncnc(N)c34)[nH]c12. The standard InChI is InChI=1S/C22H26N8O2/c1-13(31)25-12-29-8-6-14(7-9-29)22-28-19(20-21(23)24-11-26-30(20)22)16-10-15-4-3-5-17(32-2)18(15)27-16/h3-5,10-11,14,27H,6-9,12H2,1-2H3,(H,25,31)(H2,23,24,26). The highest BCUT2D eigenvalue weighted by Crippen LogP contribution is 2.36. The number of hydrogen-bond acceptors (Lipinski definition) is 7. The quantitative estimate of drug-likeness (QED) is 0.439. The number of methoxy groups -OCH3 is 1. The number of nitrogen functional groups attached to an aromatic ring is 1. The van der Waals surface area contributed by atoms with Gasteiger partial charge in [-0.3, -0.25) is 9.69 Å². The summed E-state index contributed by atoms with van der Waals surface area (Å²) in [6, 6.07) is 7.96. The number of imidazole rings is 1. The van der Waals surface area contributed by atoms with E-state index in [1.165, 1.54) is 13.3 Å². The fourth-order valence-electron chi connectivity index (χ4n) is 4.43. The van der Waals surface area contributed by atoms with Crippen molar-refractivity contribution in [1.82, 2.24) is 34.8 Å². The zero-order valence-electron chi connectivity index (χ0n) is 18.1. The summed E-state index contributed by atoms with van der Waals surface area (Å²) in [5.74, 6) is 2.26. The molecule has 3 aromatic heterocycles. The van der Waals surface area contributed by atoms with Crippen LogP contribution in [0.3, 0.4) is 0 Å². The van der Waals surface area contributed by atoms with Crippen LogP contribution >= 0.6 is 0 Å². The molecule has 0 spiro atoms. The summed E-state index contributed by atoms with van der Waals surface area (Å²) >= 11 is 0. The highest BCUT2D eigenvalue weighted by Gasteiger charge is 2.28. The molecule has 32 heavy (non-hydrogen) atoms. The van der Waals surface area contributed by atoms with E-state index in [-0.39, 0.29) is 11.8 Å². The molecule has 4 aromatic rings. The number of nitrogens with zero attached hydrogens (tertiary/aromatic N) is 5. The van der Waals surface area contributed by atoms with Gasteiger partial charge in [-0.05, 0) is 25.0 Å². The maximum Gasteiger partial charge on any atom is 0.217 e. The van der Waals surface area contributed by atoms with Gasteiger partial charge in [-0.25, -0.2) is 14.5 Å². The minimum atomic E-state index is -0.0156. The Morgan fingerprint density at radius 3 is 2.91 bits per heavy atom. The number of hydrogen-bond donors (Lipinski definition) is 3. The predicted molar refractivity (Wildman–Crippen MR) is 121 cm³/mol. The van der Waals surface area contributed by atoms with Crippen LogP contribution in [0.25, 0.3) is 27.8 Å². The van der Waals surface area contributed by atoms with Crippen LogP contribution in [0.2, 0.25) is 0 Å². The number of nitrogens with two attached hydrogens (primary N) is 1. The molecule has 1 saturated heterocycles. The lowest BCUT2D eigenvalue weighted by molar-refractivity contribution is -0.119. The zero-order chi connectivity index (χ0) is 22.2. The van der Waals surface area contributed by atoms with Gasteiger partial charge in [-0.15, -0.1) is 0 Å². The Morgan fingerprint density at radius 2 is 2.16 bits per heavy atom. The van der Waals surface area contributed by atoms with Crippen LogP contribution in [0.4, 0.5) is 5.82 Å². The van der Waals surface area contributed by atoms with Crippen LogP contribution in [-0.4, -0.2) is 62.2 Å². The number of likely N-dealkylation sites (tertiary alicyclic amines) is 1. The monoisotopic (exact) mass is 434 g/mol. The first-order valence-electron chi connectivity index (χ1n) is 10.7. The first-order chi connectivity index (χ1) is 15.5. The number of aromatic amines is 1. The van der Waals surface area contributed by atoms with E-state index < -0.39 is 0 Å². The van der Waals surface area contributed by atoms with Crippen molar-refractivity contribution in [3.8, 4) is 17.1 Å². The molecule has 1 aromatic carbocycles.